The molecule has 0 aromatic heterocycles. The Labute approximate surface area is 119 Å². The van der Waals surface area contributed by atoms with Gasteiger partial charge in [0.1, 0.15) is 6.04 Å². The zero-order chi connectivity index (χ0) is 14.4. The summed E-state index contributed by atoms with van der Waals surface area (Å²) in [6.07, 6.45) is 0.145. The topological polar surface area (TPSA) is 96.0 Å². The van der Waals surface area contributed by atoms with E-state index in [4.69, 9.17) is 11.0 Å². The Kier molecular flexibility index (Phi) is 5.52. The molecular formula is C13H14BrN3O2. The summed E-state index contributed by atoms with van der Waals surface area (Å²) in [7, 11) is 0. The van der Waals surface area contributed by atoms with Crippen molar-refractivity contribution in [1.82, 2.24) is 5.32 Å². The Morgan fingerprint density at radius 1 is 1.53 bits per heavy atom. The third kappa shape index (κ3) is 4.38. The Bertz CT molecular complexity index is 525. The van der Waals surface area contributed by atoms with Crippen LogP contribution in [0, 0.1) is 17.2 Å². The first-order chi connectivity index (χ1) is 8.95. The predicted octanol–water partition coefficient (Wildman–Crippen LogP) is 1.58. The monoisotopic (exact) mass is 323 g/mol. The molecule has 2 atom stereocenters. The number of carbonyl (C=O) groups is 2. The van der Waals surface area contributed by atoms with E-state index in [0.29, 0.717) is 5.56 Å². The molecule has 0 spiro atoms. The molecule has 0 fully saturated rings. The summed E-state index contributed by atoms with van der Waals surface area (Å²) in [5.74, 6) is -1.38. The normalized spacial score (nSPS) is 13.1. The summed E-state index contributed by atoms with van der Waals surface area (Å²) >= 11 is 3.26. The van der Waals surface area contributed by atoms with Gasteiger partial charge in [-0.15, -0.1) is 0 Å². The summed E-state index contributed by atoms with van der Waals surface area (Å²) in [6, 6.07) is 7.89. The van der Waals surface area contributed by atoms with Gasteiger partial charge in [-0.3, -0.25) is 9.59 Å². The molecule has 19 heavy (non-hydrogen) atoms. The van der Waals surface area contributed by atoms with Crippen molar-refractivity contribution in [3.8, 4) is 6.07 Å². The average molecular weight is 324 g/mol. The molecule has 2 amide bonds. The third-order valence-corrected chi connectivity index (χ3v) is 3.16. The van der Waals surface area contributed by atoms with E-state index in [-0.39, 0.29) is 12.3 Å². The molecule has 0 unspecified atom stereocenters. The van der Waals surface area contributed by atoms with Crippen molar-refractivity contribution >= 4 is 27.7 Å². The van der Waals surface area contributed by atoms with Gasteiger partial charge in [0.2, 0.25) is 5.91 Å². The van der Waals surface area contributed by atoms with E-state index in [1.165, 1.54) is 0 Å². The van der Waals surface area contributed by atoms with Gasteiger partial charge in [-0.2, -0.15) is 5.26 Å². The quantitative estimate of drug-likeness (QED) is 0.861. The average Bonchev–Trinajstić information content (AvgIpc) is 2.35. The second-order valence-corrected chi connectivity index (χ2v) is 5.12. The van der Waals surface area contributed by atoms with Gasteiger partial charge in [0.05, 0.1) is 6.07 Å². The molecule has 1 aromatic rings. The molecule has 1 aromatic carbocycles. The molecule has 5 nitrogen and oxygen atoms in total. The highest BCUT2D eigenvalue weighted by Crippen LogP contribution is 2.13. The van der Waals surface area contributed by atoms with Gasteiger partial charge in [0.25, 0.3) is 5.91 Å². The molecule has 100 valence electrons. The highest BCUT2D eigenvalue weighted by Gasteiger charge is 2.25. The first-order valence-corrected chi connectivity index (χ1v) is 6.47. The van der Waals surface area contributed by atoms with E-state index >= 15 is 0 Å². The minimum Gasteiger partial charge on any atom is -0.368 e. The first-order valence-electron chi connectivity index (χ1n) is 5.68. The van der Waals surface area contributed by atoms with Crippen LogP contribution < -0.4 is 11.1 Å². The Balaban J connectivity index is 2.83. The minimum atomic E-state index is -0.855. The minimum absolute atomic E-state index is 0.145. The number of nitrogens with zero attached hydrogens (tertiary/aromatic N) is 1. The van der Waals surface area contributed by atoms with Gasteiger partial charge in [0.15, 0.2) is 0 Å². The van der Waals surface area contributed by atoms with Crippen LogP contribution in [0.4, 0.5) is 0 Å². The van der Waals surface area contributed by atoms with E-state index in [2.05, 4.69) is 21.2 Å². The second kappa shape index (κ2) is 6.90. The molecule has 0 radical (unpaired) electrons. The Morgan fingerprint density at radius 2 is 2.21 bits per heavy atom. The number of hydrogen-bond donors (Lipinski definition) is 2. The second-order valence-electron chi connectivity index (χ2n) is 4.20. The number of halogens is 1. The van der Waals surface area contributed by atoms with Crippen LogP contribution in [0.15, 0.2) is 28.7 Å². The van der Waals surface area contributed by atoms with Gasteiger partial charge >= 0.3 is 0 Å². The number of primary amides is 1. The van der Waals surface area contributed by atoms with Crippen LogP contribution in [-0.2, 0) is 4.79 Å². The van der Waals surface area contributed by atoms with Crippen molar-refractivity contribution in [2.24, 2.45) is 11.7 Å². The van der Waals surface area contributed by atoms with Crippen molar-refractivity contribution in [1.29, 1.82) is 5.26 Å². The van der Waals surface area contributed by atoms with Gasteiger partial charge in [0, 0.05) is 16.5 Å². The van der Waals surface area contributed by atoms with Crippen LogP contribution in [0.3, 0.4) is 0 Å². The van der Waals surface area contributed by atoms with Gasteiger partial charge in [-0.1, -0.05) is 28.9 Å². The van der Waals surface area contributed by atoms with E-state index < -0.39 is 17.9 Å². The van der Waals surface area contributed by atoms with Crippen LogP contribution in [0.25, 0.3) is 0 Å². The maximum absolute atomic E-state index is 12.0. The summed E-state index contributed by atoms with van der Waals surface area (Å²) < 4.78 is 0.765. The van der Waals surface area contributed by atoms with Gasteiger partial charge in [-0.05, 0) is 24.1 Å². The highest BCUT2D eigenvalue weighted by atomic mass is 79.9. The lowest BCUT2D eigenvalue weighted by Crippen LogP contribution is -2.48. The van der Waals surface area contributed by atoms with Crippen molar-refractivity contribution in [2.75, 3.05) is 0 Å². The lowest BCUT2D eigenvalue weighted by molar-refractivity contribution is -0.120. The van der Waals surface area contributed by atoms with Gasteiger partial charge < -0.3 is 11.1 Å². The molecule has 0 saturated heterocycles. The molecule has 1 rings (SSSR count). The fourth-order valence-electron chi connectivity index (χ4n) is 1.61. The third-order valence-electron chi connectivity index (χ3n) is 2.66. The van der Waals surface area contributed by atoms with Crippen LogP contribution in [0.5, 0.6) is 0 Å². The zero-order valence-corrected chi connectivity index (χ0v) is 12.0. The number of hydrogen-bond acceptors (Lipinski definition) is 3. The zero-order valence-electron chi connectivity index (χ0n) is 10.4. The molecule has 0 aliphatic heterocycles. The molecule has 0 saturated carbocycles. The maximum Gasteiger partial charge on any atom is 0.251 e. The number of nitrogens with one attached hydrogen (secondary N) is 1. The summed E-state index contributed by atoms with van der Waals surface area (Å²) in [5.41, 5.74) is 5.67. The smallest absolute Gasteiger partial charge is 0.251 e. The predicted molar refractivity (Wildman–Crippen MR) is 74.0 cm³/mol. The highest BCUT2D eigenvalue weighted by molar-refractivity contribution is 9.10. The number of nitriles is 1. The fourth-order valence-corrected chi connectivity index (χ4v) is 2.01. The van der Waals surface area contributed by atoms with Crippen molar-refractivity contribution in [3.05, 3.63) is 34.3 Å². The number of nitrogens with two attached hydrogens (primary N) is 1. The molecular weight excluding hydrogens is 310 g/mol. The van der Waals surface area contributed by atoms with Crippen molar-refractivity contribution < 1.29 is 9.59 Å². The van der Waals surface area contributed by atoms with E-state index in [9.17, 15) is 9.59 Å². The lowest BCUT2D eigenvalue weighted by Gasteiger charge is -2.20. The van der Waals surface area contributed by atoms with Crippen LogP contribution in [-0.4, -0.2) is 17.9 Å². The largest absolute Gasteiger partial charge is 0.368 e. The SMILES string of the molecule is C[C@H](CC#N)[C@H](NC(=O)c1cccc(Br)c1)C(N)=O. The molecule has 0 bridgehead atoms. The van der Waals surface area contributed by atoms with Crippen molar-refractivity contribution in [3.63, 3.8) is 0 Å². The van der Waals surface area contributed by atoms with Gasteiger partial charge in [-0.25, -0.2) is 0 Å². The van der Waals surface area contributed by atoms with Crippen molar-refractivity contribution in [2.45, 2.75) is 19.4 Å². The number of benzene rings is 1. The molecule has 0 aliphatic rings. The number of carbonyl (C=O) groups excluding carboxylic acids is 2. The van der Waals surface area contributed by atoms with E-state index in [1.54, 1.807) is 31.2 Å². The lowest BCUT2D eigenvalue weighted by atomic mass is 9.98. The summed E-state index contributed by atoms with van der Waals surface area (Å²) in [4.78, 5) is 23.3. The Hall–Kier alpha value is -1.87. The molecule has 0 aliphatic carbocycles. The van der Waals surface area contributed by atoms with E-state index in [1.807, 2.05) is 6.07 Å². The first kappa shape index (κ1) is 15.2. The number of amides is 2. The van der Waals surface area contributed by atoms with Crippen LogP contribution in [0.2, 0.25) is 0 Å². The maximum atomic E-state index is 12.0. The standard InChI is InChI=1S/C13H14BrN3O2/c1-8(5-6-15)11(12(16)18)17-13(19)9-3-2-4-10(14)7-9/h2-4,7-8,11H,5H2,1H3,(H2,16,18)(H,17,19)/t8-,11+/m1/s1. The summed E-state index contributed by atoms with van der Waals surface area (Å²) in [6.45, 7) is 1.69. The number of rotatable bonds is 5. The van der Waals surface area contributed by atoms with Crippen LogP contribution in [0.1, 0.15) is 23.7 Å². The van der Waals surface area contributed by atoms with Crippen LogP contribution >= 0.6 is 15.9 Å². The molecule has 0 heterocycles. The summed E-state index contributed by atoms with van der Waals surface area (Å²) in [5, 5.41) is 11.2. The Morgan fingerprint density at radius 3 is 2.74 bits per heavy atom. The molecule has 3 N–H and O–H groups in total. The molecule has 6 heteroatoms. The fraction of sp³-hybridized carbons (Fsp3) is 0.308. The van der Waals surface area contributed by atoms with E-state index in [0.717, 1.165) is 4.47 Å².